The first-order valence-electron chi connectivity index (χ1n) is 13.6. The molecule has 4 aromatic rings. The van der Waals surface area contributed by atoms with Crippen molar-refractivity contribution in [1.29, 1.82) is 0 Å². The summed E-state index contributed by atoms with van der Waals surface area (Å²) in [6, 6.07) is 13.3. The molecule has 2 aromatic heterocycles. The van der Waals surface area contributed by atoms with Crippen LogP contribution in [0.4, 0.5) is 10.3 Å². The van der Waals surface area contributed by atoms with Crippen LogP contribution in [0.1, 0.15) is 24.4 Å². The zero-order valence-electron chi connectivity index (χ0n) is 25.1. The van der Waals surface area contributed by atoms with Gasteiger partial charge in [-0.1, -0.05) is 47.7 Å². The lowest BCUT2D eigenvalue weighted by molar-refractivity contribution is 0.171. The topological polar surface area (TPSA) is 120 Å². The van der Waals surface area contributed by atoms with Gasteiger partial charge >= 0.3 is 0 Å². The Hall–Kier alpha value is -3.20. The van der Waals surface area contributed by atoms with Gasteiger partial charge in [-0.15, -0.1) is 10.2 Å². The second-order valence-corrected chi connectivity index (χ2v) is 20.1. The van der Waals surface area contributed by atoms with E-state index in [1.807, 2.05) is 0 Å². The fourth-order valence-corrected chi connectivity index (χ4v) is 7.50. The Balaban J connectivity index is 1.97. The SMILES string of the molecule is COc1cccc(OC)c1-n1c(-c2ccc(C)o2)nnc1N(CC[Si](C)(C)C)S(=O)(=O)[C@@H](C)[C@H](O)c1ccc(Br)cc1F. The summed E-state index contributed by atoms with van der Waals surface area (Å²) >= 11 is 3.20. The van der Waals surface area contributed by atoms with Crippen LogP contribution in [0, 0.1) is 12.7 Å². The van der Waals surface area contributed by atoms with Gasteiger partial charge in [-0.05, 0) is 56.3 Å². The summed E-state index contributed by atoms with van der Waals surface area (Å²) in [6.45, 7) is 9.55. The molecule has 4 rings (SSSR count). The molecule has 0 aliphatic carbocycles. The number of para-hydroxylation sites is 1. The number of benzene rings is 2. The fourth-order valence-electron chi connectivity index (χ4n) is 4.55. The highest BCUT2D eigenvalue weighted by Crippen LogP contribution is 2.40. The number of anilines is 1. The normalized spacial score (nSPS) is 13.5. The smallest absolute Gasteiger partial charge is 0.246 e. The van der Waals surface area contributed by atoms with Crippen molar-refractivity contribution in [3.05, 3.63) is 70.1 Å². The van der Waals surface area contributed by atoms with E-state index in [2.05, 4.69) is 45.8 Å². The average Bonchev–Trinajstić information content (AvgIpc) is 3.57. The van der Waals surface area contributed by atoms with Crippen molar-refractivity contribution in [2.24, 2.45) is 0 Å². The molecule has 0 saturated carbocycles. The van der Waals surface area contributed by atoms with Gasteiger partial charge in [0.2, 0.25) is 21.8 Å². The summed E-state index contributed by atoms with van der Waals surface area (Å²) in [7, 11) is -3.23. The molecule has 2 atom stereocenters. The molecule has 10 nitrogen and oxygen atoms in total. The zero-order valence-corrected chi connectivity index (χ0v) is 28.5. The van der Waals surface area contributed by atoms with Crippen LogP contribution in [-0.2, 0) is 10.0 Å². The molecule has 0 amide bonds. The van der Waals surface area contributed by atoms with Gasteiger partial charge in [0.1, 0.15) is 40.1 Å². The van der Waals surface area contributed by atoms with Crippen molar-refractivity contribution < 1.29 is 31.8 Å². The Morgan fingerprint density at radius 3 is 2.28 bits per heavy atom. The molecular formula is C29H36BrFN4O6SSi. The number of methoxy groups -OCH3 is 2. The summed E-state index contributed by atoms with van der Waals surface area (Å²) in [5.41, 5.74) is 0.223. The number of aryl methyl sites for hydroxylation is 1. The third-order valence-corrected chi connectivity index (χ3v) is 11.4. The summed E-state index contributed by atoms with van der Waals surface area (Å²) in [5.74, 6) is 1.14. The van der Waals surface area contributed by atoms with Gasteiger partial charge in [0.05, 0.1) is 14.2 Å². The van der Waals surface area contributed by atoms with E-state index in [0.717, 1.165) is 4.31 Å². The maximum absolute atomic E-state index is 14.9. The first-order chi connectivity index (χ1) is 20.2. The number of nitrogens with zero attached hydrogens (tertiary/aromatic N) is 4. The number of aliphatic hydroxyl groups excluding tert-OH is 1. The Kier molecular flexibility index (Phi) is 9.74. The Morgan fingerprint density at radius 1 is 1.09 bits per heavy atom. The van der Waals surface area contributed by atoms with Gasteiger partial charge < -0.3 is 19.0 Å². The predicted octanol–water partition coefficient (Wildman–Crippen LogP) is 6.35. The lowest BCUT2D eigenvalue weighted by Crippen LogP contribution is -2.44. The van der Waals surface area contributed by atoms with Crippen LogP contribution in [0.2, 0.25) is 25.7 Å². The van der Waals surface area contributed by atoms with Gasteiger partial charge in [-0.2, -0.15) is 0 Å². The van der Waals surface area contributed by atoms with E-state index >= 15 is 0 Å². The number of rotatable bonds is 12. The molecule has 43 heavy (non-hydrogen) atoms. The third-order valence-electron chi connectivity index (χ3n) is 7.02. The molecule has 0 radical (unpaired) electrons. The second kappa shape index (κ2) is 12.8. The maximum Gasteiger partial charge on any atom is 0.246 e. The molecule has 1 N–H and O–H groups in total. The van der Waals surface area contributed by atoms with E-state index in [0.29, 0.717) is 39.2 Å². The third kappa shape index (κ3) is 6.81. The van der Waals surface area contributed by atoms with E-state index in [9.17, 15) is 17.9 Å². The maximum atomic E-state index is 14.9. The van der Waals surface area contributed by atoms with E-state index in [-0.39, 0.29) is 23.9 Å². The number of halogens is 2. The number of aromatic nitrogens is 3. The van der Waals surface area contributed by atoms with Gasteiger partial charge in [0, 0.05) is 24.7 Å². The number of aliphatic hydroxyl groups is 1. The summed E-state index contributed by atoms with van der Waals surface area (Å²) in [4.78, 5) is 0. The monoisotopic (exact) mass is 694 g/mol. The molecule has 0 aliphatic rings. The fraction of sp³-hybridized carbons (Fsp3) is 0.379. The van der Waals surface area contributed by atoms with Gasteiger partial charge in [0.15, 0.2) is 5.76 Å². The summed E-state index contributed by atoms with van der Waals surface area (Å²) in [5, 5.41) is 18.5. The van der Waals surface area contributed by atoms with E-state index in [1.54, 1.807) is 43.3 Å². The number of furan rings is 1. The zero-order chi connectivity index (χ0) is 31.7. The minimum atomic E-state index is -4.39. The molecule has 0 unspecified atom stereocenters. The second-order valence-electron chi connectivity index (χ2n) is 11.3. The molecule has 14 heteroatoms. The number of hydrogen-bond donors (Lipinski definition) is 1. The van der Waals surface area contributed by atoms with Crippen LogP contribution < -0.4 is 13.8 Å². The van der Waals surface area contributed by atoms with Gasteiger partial charge in [-0.25, -0.2) is 17.1 Å². The first-order valence-corrected chi connectivity index (χ1v) is 19.6. The van der Waals surface area contributed by atoms with Crippen LogP contribution in [0.25, 0.3) is 17.3 Å². The van der Waals surface area contributed by atoms with Crippen molar-refractivity contribution in [2.75, 3.05) is 25.1 Å². The Bertz CT molecular complexity index is 1680. The Morgan fingerprint density at radius 2 is 1.74 bits per heavy atom. The molecule has 0 fully saturated rings. The highest BCUT2D eigenvalue weighted by Gasteiger charge is 2.40. The highest BCUT2D eigenvalue weighted by atomic mass is 79.9. The largest absolute Gasteiger partial charge is 0.494 e. The predicted molar refractivity (Wildman–Crippen MR) is 170 cm³/mol. The quantitative estimate of drug-likeness (QED) is 0.170. The van der Waals surface area contributed by atoms with Crippen molar-refractivity contribution in [1.82, 2.24) is 14.8 Å². The number of sulfonamides is 1. The van der Waals surface area contributed by atoms with Crippen molar-refractivity contribution >= 4 is 40.0 Å². The Labute approximate surface area is 260 Å². The van der Waals surface area contributed by atoms with Crippen molar-refractivity contribution in [3.63, 3.8) is 0 Å². The van der Waals surface area contributed by atoms with E-state index < -0.39 is 35.3 Å². The van der Waals surface area contributed by atoms with Crippen LogP contribution in [0.15, 0.2) is 57.4 Å². The molecule has 0 spiro atoms. The standard InChI is InChI=1S/C29H36BrFN4O6SSi/c1-18-11-14-25(41-18)28-32-33-29(35(28)26-23(39-3)9-8-10-24(26)40-4)34(15-16-43(5,6)7)42(37,38)19(2)27(36)21-13-12-20(30)17-22(21)31/h8-14,17,19,27,36H,15-16H2,1-7H3/t19-,27-/m0/s1. The molecule has 2 aromatic carbocycles. The lowest BCUT2D eigenvalue weighted by Gasteiger charge is -2.31. The minimum absolute atomic E-state index is 0.0463. The average molecular weight is 696 g/mol. The van der Waals surface area contributed by atoms with E-state index in [1.165, 1.54) is 37.8 Å². The van der Waals surface area contributed by atoms with Gasteiger partial charge in [0.25, 0.3) is 0 Å². The number of ether oxygens (including phenoxy) is 2. The molecule has 0 bridgehead atoms. The summed E-state index contributed by atoms with van der Waals surface area (Å²) in [6.07, 6.45) is -1.67. The van der Waals surface area contributed by atoms with Crippen LogP contribution in [-0.4, -0.2) is 62.4 Å². The molecular weight excluding hydrogens is 659 g/mol. The summed E-state index contributed by atoms with van der Waals surface area (Å²) < 4.78 is 64.2. The number of hydrogen-bond acceptors (Lipinski definition) is 8. The van der Waals surface area contributed by atoms with E-state index in [4.69, 9.17) is 13.9 Å². The van der Waals surface area contributed by atoms with Crippen LogP contribution in [0.3, 0.4) is 0 Å². The van der Waals surface area contributed by atoms with Crippen LogP contribution in [0.5, 0.6) is 11.5 Å². The van der Waals surface area contributed by atoms with Crippen LogP contribution >= 0.6 is 15.9 Å². The molecule has 0 aliphatic heterocycles. The molecule has 0 saturated heterocycles. The van der Waals surface area contributed by atoms with Gasteiger partial charge in [-0.3, -0.25) is 4.57 Å². The highest BCUT2D eigenvalue weighted by molar-refractivity contribution is 9.10. The lowest BCUT2D eigenvalue weighted by atomic mass is 10.1. The molecule has 232 valence electrons. The van der Waals surface area contributed by atoms with Crippen molar-refractivity contribution in [3.8, 4) is 28.8 Å². The van der Waals surface area contributed by atoms with Crippen molar-refractivity contribution in [2.45, 2.75) is 50.9 Å². The minimum Gasteiger partial charge on any atom is -0.494 e. The molecule has 2 heterocycles. The first kappa shape index (κ1) is 32.7.